The normalized spacial score (nSPS) is 12.8. The summed E-state index contributed by atoms with van der Waals surface area (Å²) in [5.74, 6) is 0.314. The predicted molar refractivity (Wildman–Crippen MR) is 115 cm³/mol. The molecule has 0 fully saturated rings. The van der Waals surface area contributed by atoms with Gasteiger partial charge < -0.3 is 14.6 Å². The van der Waals surface area contributed by atoms with Gasteiger partial charge in [-0.15, -0.1) is 13.2 Å². The minimum absolute atomic E-state index is 0.236. The quantitative estimate of drug-likeness (QED) is 0.327. The number of ether oxygens (including phenoxy) is 1. The molecule has 1 N–H and O–H groups in total. The Balaban J connectivity index is 2.14. The Kier molecular flexibility index (Phi) is 8.33. The van der Waals surface area contributed by atoms with Gasteiger partial charge in [-0.25, -0.2) is 0 Å². The molecular formula is C20H22F3N3OS2. The summed E-state index contributed by atoms with van der Waals surface area (Å²) in [5, 5.41) is 0.787. The van der Waals surface area contributed by atoms with Crippen molar-refractivity contribution in [3.63, 3.8) is 0 Å². The predicted octanol–water partition coefficient (Wildman–Crippen LogP) is 6.24. The van der Waals surface area contributed by atoms with Crippen LogP contribution in [-0.4, -0.2) is 35.0 Å². The van der Waals surface area contributed by atoms with Crippen LogP contribution in [0.3, 0.4) is 0 Å². The highest BCUT2D eigenvalue weighted by Gasteiger charge is 2.30. The van der Waals surface area contributed by atoms with E-state index >= 15 is 0 Å². The minimum Gasteiger partial charge on any atom is -0.406 e. The first-order chi connectivity index (χ1) is 13.8. The highest BCUT2D eigenvalue weighted by atomic mass is 32.2. The number of halogens is 3. The van der Waals surface area contributed by atoms with Crippen LogP contribution in [0.25, 0.3) is 5.70 Å². The van der Waals surface area contributed by atoms with E-state index in [1.165, 1.54) is 23.9 Å². The summed E-state index contributed by atoms with van der Waals surface area (Å²) in [6.07, 6.45) is -0.927. The van der Waals surface area contributed by atoms with E-state index in [-0.39, 0.29) is 5.75 Å². The summed E-state index contributed by atoms with van der Waals surface area (Å²) in [5.41, 5.74) is 2.71. The van der Waals surface area contributed by atoms with Crippen LogP contribution in [0.4, 0.5) is 13.2 Å². The molecule has 1 heterocycles. The minimum atomic E-state index is -4.69. The number of benzene rings is 1. The van der Waals surface area contributed by atoms with Crippen molar-refractivity contribution in [2.45, 2.75) is 26.0 Å². The number of aromatic nitrogens is 1. The molecular weight excluding hydrogens is 419 g/mol. The van der Waals surface area contributed by atoms with Crippen molar-refractivity contribution in [2.75, 3.05) is 13.6 Å². The number of alkyl halides is 3. The largest absolute Gasteiger partial charge is 0.573 e. The topological polar surface area (TPSA) is 40.6 Å². The number of rotatable bonds is 6. The average molecular weight is 442 g/mol. The van der Waals surface area contributed by atoms with Gasteiger partial charge >= 0.3 is 6.36 Å². The maximum atomic E-state index is 12.3. The van der Waals surface area contributed by atoms with Gasteiger partial charge in [0.2, 0.25) is 0 Å². The van der Waals surface area contributed by atoms with Crippen LogP contribution in [0, 0.1) is 4.64 Å². The van der Waals surface area contributed by atoms with Crippen LogP contribution in [0.1, 0.15) is 25.0 Å². The third kappa shape index (κ3) is 6.64. The summed E-state index contributed by atoms with van der Waals surface area (Å²) < 4.78 is 41.4. The van der Waals surface area contributed by atoms with Crippen molar-refractivity contribution in [3.8, 4) is 5.75 Å². The summed E-state index contributed by atoms with van der Waals surface area (Å²) in [6, 6.07) is 9.69. The Morgan fingerprint density at radius 2 is 1.97 bits per heavy atom. The monoisotopic (exact) mass is 441 g/mol. The van der Waals surface area contributed by atoms with Gasteiger partial charge in [0.15, 0.2) is 5.17 Å². The standard InChI is InChI=1S/C20H22F3N3OS2/c1-4-17(16-7-6-12-25-18(16)28)26(5-2)19(24-3)29-13-14-8-10-15(11-9-14)27-20(21,22)23/h4,6-12H,5,13H2,1-3H3,(H,25,28)/b17-4-,24-19?. The number of aliphatic imine (C=N–C) groups is 1. The zero-order valence-electron chi connectivity index (χ0n) is 16.3. The number of H-pyrrole nitrogens is 1. The van der Waals surface area contributed by atoms with E-state index < -0.39 is 6.36 Å². The highest BCUT2D eigenvalue weighted by Crippen LogP contribution is 2.27. The van der Waals surface area contributed by atoms with E-state index in [4.69, 9.17) is 12.2 Å². The van der Waals surface area contributed by atoms with Gasteiger partial charge in [0, 0.05) is 36.8 Å². The van der Waals surface area contributed by atoms with Crippen molar-refractivity contribution in [3.05, 3.63) is 64.4 Å². The molecule has 0 unspecified atom stereocenters. The second kappa shape index (κ2) is 10.5. The Labute approximate surface area is 177 Å². The fourth-order valence-electron chi connectivity index (χ4n) is 2.69. The SMILES string of the molecule is C/C=C(/c1ccc[nH]c1=S)N(CC)C(=NC)SCc1ccc(OC(F)(F)F)cc1. The van der Waals surface area contributed by atoms with E-state index in [1.54, 1.807) is 25.4 Å². The fraction of sp³-hybridized carbons (Fsp3) is 0.300. The molecule has 156 valence electrons. The smallest absolute Gasteiger partial charge is 0.406 e. The zero-order valence-corrected chi connectivity index (χ0v) is 17.9. The van der Waals surface area contributed by atoms with Gasteiger partial charge in [-0.2, -0.15) is 0 Å². The Morgan fingerprint density at radius 1 is 1.28 bits per heavy atom. The number of thioether (sulfide) groups is 1. The maximum absolute atomic E-state index is 12.3. The molecule has 0 aliphatic carbocycles. The molecule has 2 aromatic rings. The van der Waals surface area contributed by atoms with E-state index in [1.807, 2.05) is 32.1 Å². The van der Waals surface area contributed by atoms with Crippen LogP contribution < -0.4 is 4.74 Å². The molecule has 0 radical (unpaired) electrons. The molecule has 1 aromatic carbocycles. The van der Waals surface area contributed by atoms with E-state index in [9.17, 15) is 13.2 Å². The van der Waals surface area contributed by atoms with Gasteiger partial charge in [0.05, 0.1) is 0 Å². The van der Waals surface area contributed by atoms with Gasteiger partial charge in [-0.1, -0.05) is 42.2 Å². The van der Waals surface area contributed by atoms with Gasteiger partial charge in [0.1, 0.15) is 10.4 Å². The molecule has 0 atom stereocenters. The first-order valence-corrected chi connectivity index (χ1v) is 10.2. The lowest BCUT2D eigenvalue weighted by atomic mass is 10.2. The number of hydrogen-bond acceptors (Lipinski definition) is 4. The molecule has 0 bridgehead atoms. The molecule has 9 heteroatoms. The van der Waals surface area contributed by atoms with Crippen LogP contribution >= 0.6 is 24.0 Å². The highest BCUT2D eigenvalue weighted by molar-refractivity contribution is 8.13. The van der Waals surface area contributed by atoms with Crippen molar-refractivity contribution in [2.24, 2.45) is 4.99 Å². The number of nitrogens with zero attached hydrogens (tertiary/aromatic N) is 2. The lowest BCUT2D eigenvalue weighted by Gasteiger charge is -2.27. The first-order valence-electron chi connectivity index (χ1n) is 8.85. The molecule has 0 amide bonds. The second-order valence-corrected chi connectivity index (χ2v) is 7.17. The summed E-state index contributed by atoms with van der Waals surface area (Å²) in [6.45, 7) is 4.65. The molecule has 0 spiro atoms. The van der Waals surface area contributed by atoms with E-state index in [0.29, 0.717) is 16.9 Å². The molecule has 29 heavy (non-hydrogen) atoms. The molecule has 2 rings (SSSR count). The van der Waals surface area contributed by atoms with E-state index in [0.717, 1.165) is 22.0 Å². The molecule has 0 saturated carbocycles. The number of amidine groups is 1. The fourth-order valence-corrected chi connectivity index (χ4v) is 3.93. The molecule has 0 aliphatic rings. The lowest BCUT2D eigenvalue weighted by molar-refractivity contribution is -0.274. The van der Waals surface area contributed by atoms with Crippen LogP contribution in [-0.2, 0) is 5.75 Å². The Morgan fingerprint density at radius 3 is 2.48 bits per heavy atom. The number of hydrogen-bond donors (Lipinski definition) is 1. The van der Waals surface area contributed by atoms with Gasteiger partial charge in [-0.05, 0) is 43.7 Å². The van der Waals surface area contributed by atoms with Crippen molar-refractivity contribution in [1.82, 2.24) is 9.88 Å². The number of pyridine rings is 1. The van der Waals surface area contributed by atoms with Crippen LogP contribution in [0.15, 0.2) is 53.7 Å². The summed E-state index contributed by atoms with van der Waals surface area (Å²) in [7, 11) is 1.71. The lowest BCUT2D eigenvalue weighted by Crippen LogP contribution is -2.27. The van der Waals surface area contributed by atoms with Crippen LogP contribution in [0.2, 0.25) is 0 Å². The van der Waals surface area contributed by atoms with Crippen molar-refractivity contribution >= 4 is 34.8 Å². The zero-order chi connectivity index (χ0) is 21.4. The summed E-state index contributed by atoms with van der Waals surface area (Å²) in [4.78, 5) is 9.51. The summed E-state index contributed by atoms with van der Waals surface area (Å²) >= 11 is 6.91. The third-order valence-electron chi connectivity index (χ3n) is 3.92. The van der Waals surface area contributed by atoms with E-state index in [2.05, 4.69) is 19.6 Å². The third-order valence-corrected chi connectivity index (χ3v) is 5.40. The number of nitrogens with one attached hydrogen (secondary N) is 1. The van der Waals surface area contributed by atoms with Crippen molar-refractivity contribution in [1.29, 1.82) is 0 Å². The molecule has 0 aliphatic heterocycles. The molecule has 0 saturated heterocycles. The Bertz CT molecular complexity index is 922. The Hall–Kier alpha value is -2.26. The first kappa shape index (κ1) is 23.0. The number of allylic oxidation sites excluding steroid dienone is 1. The maximum Gasteiger partial charge on any atom is 0.573 e. The number of aromatic amines is 1. The second-order valence-electron chi connectivity index (χ2n) is 5.82. The molecule has 4 nitrogen and oxygen atoms in total. The van der Waals surface area contributed by atoms with Gasteiger partial charge in [-0.3, -0.25) is 4.99 Å². The average Bonchev–Trinajstić information content (AvgIpc) is 2.68. The van der Waals surface area contributed by atoms with Crippen LogP contribution in [0.5, 0.6) is 5.75 Å². The molecule has 1 aromatic heterocycles. The van der Waals surface area contributed by atoms with Crippen molar-refractivity contribution < 1.29 is 17.9 Å². The van der Waals surface area contributed by atoms with Gasteiger partial charge in [0.25, 0.3) is 0 Å².